The van der Waals surface area contributed by atoms with Crippen LogP contribution in [-0.4, -0.2) is 43.8 Å². The Morgan fingerprint density at radius 3 is 2.71 bits per heavy atom. The third-order valence-corrected chi connectivity index (χ3v) is 7.88. The number of aliphatic imine (C=N–C) groups is 1. The van der Waals surface area contributed by atoms with Gasteiger partial charge in [-0.2, -0.15) is 0 Å². The van der Waals surface area contributed by atoms with Gasteiger partial charge in [0.1, 0.15) is 0 Å². The summed E-state index contributed by atoms with van der Waals surface area (Å²) < 4.78 is 27.9. The van der Waals surface area contributed by atoms with E-state index in [2.05, 4.69) is 10.3 Å². The summed E-state index contributed by atoms with van der Waals surface area (Å²) in [5.74, 6) is -0.000751. The first-order valence-corrected chi connectivity index (χ1v) is 11.9. The number of nitrogens with zero attached hydrogens (tertiary/aromatic N) is 3. The summed E-state index contributed by atoms with van der Waals surface area (Å²) in [6.45, 7) is 2.69. The van der Waals surface area contributed by atoms with Gasteiger partial charge >= 0.3 is 6.03 Å². The standard InChI is InChI=1S/C22H25N5O3S/c1-14-4-2-3-5-18(14)19-13-27(21(23)25-19)31(29,30)17-8-9-20-15(12-17)10-11-26(20)22(28)24-16-6-7-16/h2-5,8-9,12,16,19H,6-7,10-11,13H2,1H3,(H2,23,25)(H,24,28). The average Bonchev–Trinajstić information content (AvgIpc) is 3.31. The molecule has 1 atom stereocenters. The minimum atomic E-state index is -3.85. The number of fused-ring (bicyclic) bond motifs is 1. The fraction of sp³-hybridized carbons (Fsp3) is 0.364. The van der Waals surface area contributed by atoms with Crippen molar-refractivity contribution in [3.05, 3.63) is 59.2 Å². The summed E-state index contributed by atoms with van der Waals surface area (Å²) in [4.78, 5) is 18.7. The molecule has 0 bridgehead atoms. The van der Waals surface area contributed by atoms with Crippen molar-refractivity contribution in [2.75, 3.05) is 18.0 Å². The van der Waals surface area contributed by atoms with E-state index < -0.39 is 10.0 Å². The van der Waals surface area contributed by atoms with E-state index in [4.69, 9.17) is 5.73 Å². The molecule has 2 amide bonds. The molecule has 2 aromatic rings. The van der Waals surface area contributed by atoms with Crippen molar-refractivity contribution < 1.29 is 13.2 Å². The number of nitrogens with two attached hydrogens (primary N) is 1. The maximum atomic E-state index is 13.3. The molecule has 3 N–H and O–H groups in total. The van der Waals surface area contributed by atoms with Crippen LogP contribution in [0, 0.1) is 6.92 Å². The number of benzene rings is 2. The largest absolute Gasteiger partial charge is 0.369 e. The topological polar surface area (TPSA) is 108 Å². The van der Waals surface area contributed by atoms with Gasteiger partial charge in [-0.05, 0) is 61.1 Å². The van der Waals surface area contributed by atoms with Crippen LogP contribution in [-0.2, 0) is 16.4 Å². The van der Waals surface area contributed by atoms with E-state index in [-0.39, 0.29) is 35.5 Å². The fourth-order valence-electron chi connectivity index (χ4n) is 4.22. The Hall–Kier alpha value is -3.07. The third kappa shape index (κ3) is 3.52. The predicted molar refractivity (Wildman–Crippen MR) is 118 cm³/mol. The zero-order valence-electron chi connectivity index (χ0n) is 17.3. The molecule has 2 aromatic carbocycles. The van der Waals surface area contributed by atoms with Gasteiger partial charge in [0.15, 0.2) is 0 Å². The molecule has 0 saturated heterocycles. The highest BCUT2D eigenvalue weighted by Gasteiger charge is 2.36. The van der Waals surface area contributed by atoms with Crippen LogP contribution in [0.3, 0.4) is 0 Å². The van der Waals surface area contributed by atoms with Crippen molar-refractivity contribution in [3.63, 3.8) is 0 Å². The maximum Gasteiger partial charge on any atom is 0.322 e. The first-order valence-electron chi connectivity index (χ1n) is 10.5. The second-order valence-electron chi connectivity index (χ2n) is 8.31. The summed E-state index contributed by atoms with van der Waals surface area (Å²) in [5.41, 5.74) is 9.66. The molecular weight excluding hydrogens is 414 g/mol. The van der Waals surface area contributed by atoms with Crippen molar-refractivity contribution >= 4 is 27.7 Å². The molecule has 2 heterocycles. The van der Waals surface area contributed by atoms with Crippen LogP contribution in [0.4, 0.5) is 10.5 Å². The number of anilines is 1. The van der Waals surface area contributed by atoms with Crippen molar-refractivity contribution in [1.82, 2.24) is 9.62 Å². The normalized spacial score (nSPS) is 20.5. The highest BCUT2D eigenvalue weighted by Crippen LogP contribution is 2.34. The van der Waals surface area contributed by atoms with Crippen LogP contribution in [0.1, 0.15) is 35.6 Å². The van der Waals surface area contributed by atoms with Crippen LogP contribution in [0.25, 0.3) is 0 Å². The first kappa shape index (κ1) is 19.9. The summed E-state index contributed by atoms with van der Waals surface area (Å²) in [5, 5.41) is 2.99. The number of sulfonamides is 1. The van der Waals surface area contributed by atoms with Gasteiger partial charge in [-0.15, -0.1) is 0 Å². The van der Waals surface area contributed by atoms with E-state index in [0.29, 0.717) is 13.0 Å². The van der Waals surface area contributed by atoms with Gasteiger partial charge in [-0.25, -0.2) is 22.5 Å². The van der Waals surface area contributed by atoms with Crippen LogP contribution < -0.4 is 16.0 Å². The number of guanidine groups is 1. The molecular formula is C22H25N5O3S. The molecule has 3 aliphatic rings. The van der Waals surface area contributed by atoms with E-state index in [9.17, 15) is 13.2 Å². The van der Waals surface area contributed by atoms with Crippen molar-refractivity contribution in [1.29, 1.82) is 0 Å². The molecule has 5 rings (SSSR count). The van der Waals surface area contributed by atoms with E-state index in [1.807, 2.05) is 31.2 Å². The average molecular weight is 440 g/mol. The van der Waals surface area contributed by atoms with Crippen molar-refractivity contribution in [2.24, 2.45) is 10.7 Å². The number of nitrogens with one attached hydrogen (secondary N) is 1. The minimum absolute atomic E-state index is 0.000751. The fourth-order valence-corrected chi connectivity index (χ4v) is 5.64. The number of carbonyl (C=O) groups is 1. The summed E-state index contributed by atoms with van der Waals surface area (Å²) in [7, 11) is -3.85. The highest BCUT2D eigenvalue weighted by molar-refractivity contribution is 7.89. The molecule has 31 heavy (non-hydrogen) atoms. The molecule has 9 heteroatoms. The van der Waals surface area contributed by atoms with E-state index in [1.165, 1.54) is 4.31 Å². The lowest BCUT2D eigenvalue weighted by molar-refractivity contribution is 0.246. The first-order chi connectivity index (χ1) is 14.8. The second-order valence-corrected chi connectivity index (χ2v) is 10.2. The van der Waals surface area contributed by atoms with Crippen LogP contribution in [0.2, 0.25) is 0 Å². The number of carbonyl (C=O) groups excluding carboxylic acids is 1. The number of hydrogen-bond acceptors (Lipinski definition) is 5. The van der Waals surface area contributed by atoms with Gasteiger partial charge in [0.25, 0.3) is 10.0 Å². The number of aryl methyl sites for hydroxylation is 1. The van der Waals surface area contributed by atoms with Crippen LogP contribution in [0.15, 0.2) is 52.4 Å². The molecule has 0 spiro atoms. The van der Waals surface area contributed by atoms with Gasteiger partial charge in [0.05, 0.1) is 17.5 Å². The number of rotatable bonds is 4. The number of urea groups is 1. The Morgan fingerprint density at radius 2 is 1.97 bits per heavy atom. The quantitative estimate of drug-likeness (QED) is 0.762. The molecule has 0 radical (unpaired) electrons. The van der Waals surface area contributed by atoms with Crippen molar-refractivity contribution in [3.8, 4) is 0 Å². The second kappa shape index (κ2) is 7.26. The molecule has 2 aliphatic heterocycles. The molecule has 0 aromatic heterocycles. The summed E-state index contributed by atoms with van der Waals surface area (Å²) in [6, 6.07) is 12.5. The smallest absolute Gasteiger partial charge is 0.322 e. The van der Waals surface area contributed by atoms with Gasteiger partial charge in [0, 0.05) is 18.3 Å². The minimum Gasteiger partial charge on any atom is -0.369 e. The molecule has 1 fully saturated rings. The monoisotopic (exact) mass is 439 g/mol. The Bertz CT molecular complexity index is 1190. The Kier molecular flexibility index (Phi) is 4.65. The number of amides is 2. The lowest BCUT2D eigenvalue weighted by atomic mass is 10.0. The zero-order valence-corrected chi connectivity index (χ0v) is 18.1. The molecule has 8 nitrogen and oxygen atoms in total. The van der Waals surface area contributed by atoms with E-state index >= 15 is 0 Å². The van der Waals surface area contributed by atoms with Crippen LogP contribution in [0.5, 0.6) is 0 Å². The number of hydrogen-bond donors (Lipinski definition) is 2. The van der Waals surface area contributed by atoms with Gasteiger partial charge < -0.3 is 11.1 Å². The van der Waals surface area contributed by atoms with Gasteiger partial charge in [0.2, 0.25) is 5.96 Å². The predicted octanol–water partition coefficient (Wildman–Crippen LogP) is 2.29. The molecule has 1 unspecified atom stereocenters. The SMILES string of the molecule is Cc1ccccc1C1CN(S(=O)(=O)c2ccc3c(c2)CCN3C(=O)NC2CC2)C(N)=N1. The lowest BCUT2D eigenvalue weighted by Crippen LogP contribution is -2.40. The third-order valence-electron chi connectivity index (χ3n) is 6.11. The van der Waals surface area contributed by atoms with Crippen molar-refractivity contribution in [2.45, 2.75) is 43.2 Å². The Morgan fingerprint density at radius 1 is 1.19 bits per heavy atom. The maximum absolute atomic E-state index is 13.3. The molecule has 1 saturated carbocycles. The van der Waals surface area contributed by atoms with E-state index in [0.717, 1.165) is 35.2 Å². The highest BCUT2D eigenvalue weighted by atomic mass is 32.2. The van der Waals surface area contributed by atoms with E-state index in [1.54, 1.807) is 23.1 Å². The summed E-state index contributed by atoms with van der Waals surface area (Å²) in [6.07, 6.45) is 2.66. The molecule has 1 aliphatic carbocycles. The van der Waals surface area contributed by atoms with Crippen LogP contribution >= 0.6 is 0 Å². The van der Waals surface area contributed by atoms with Gasteiger partial charge in [-0.1, -0.05) is 24.3 Å². The summed E-state index contributed by atoms with van der Waals surface area (Å²) >= 11 is 0. The Labute approximate surface area is 181 Å². The lowest BCUT2D eigenvalue weighted by Gasteiger charge is -2.21. The molecule has 162 valence electrons. The Balaban J connectivity index is 1.38. The van der Waals surface area contributed by atoms with Gasteiger partial charge in [-0.3, -0.25) is 4.90 Å². The zero-order chi connectivity index (χ0) is 21.8.